The topological polar surface area (TPSA) is 49.8 Å². The van der Waals surface area contributed by atoms with Crippen LogP contribution in [0, 0.1) is 5.92 Å². The first-order valence-electron chi connectivity index (χ1n) is 5.71. The molecule has 86 valence electrons. The van der Waals surface area contributed by atoms with Crippen LogP contribution in [0.25, 0.3) is 0 Å². The highest BCUT2D eigenvalue weighted by atomic mass is 16.5. The third kappa shape index (κ3) is 2.32. The van der Waals surface area contributed by atoms with E-state index in [0.29, 0.717) is 12.1 Å². The number of aliphatic carboxylic acids is 1. The predicted octanol–water partition coefficient (Wildman–Crippen LogP) is 0.960. The van der Waals surface area contributed by atoms with Crippen molar-refractivity contribution in [1.82, 2.24) is 4.90 Å². The molecule has 0 amide bonds. The van der Waals surface area contributed by atoms with Crippen molar-refractivity contribution in [3.8, 4) is 0 Å². The zero-order valence-corrected chi connectivity index (χ0v) is 9.19. The lowest BCUT2D eigenvalue weighted by Gasteiger charge is -2.44. The van der Waals surface area contributed by atoms with Gasteiger partial charge in [-0.05, 0) is 32.7 Å². The smallest absolute Gasteiger partial charge is 0.306 e. The maximum absolute atomic E-state index is 10.7. The van der Waals surface area contributed by atoms with E-state index in [4.69, 9.17) is 9.84 Å². The normalized spacial score (nSPS) is 32.7. The highest BCUT2D eigenvalue weighted by Crippen LogP contribution is 2.33. The Labute approximate surface area is 90.2 Å². The Hall–Kier alpha value is -0.610. The fraction of sp³-hybridized carbons (Fsp3) is 0.909. The van der Waals surface area contributed by atoms with Crippen LogP contribution in [-0.2, 0) is 9.53 Å². The Morgan fingerprint density at radius 3 is 2.40 bits per heavy atom. The third-order valence-electron chi connectivity index (χ3n) is 3.81. The van der Waals surface area contributed by atoms with Crippen molar-refractivity contribution >= 4 is 5.97 Å². The molecule has 0 radical (unpaired) electrons. The monoisotopic (exact) mass is 213 g/mol. The molecule has 1 saturated carbocycles. The second-order valence-corrected chi connectivity index (χ2v) is 4.67. The van der Waals surface area contributed by atoms with Gasteiger partial charge in [-0.3, -0.25) is 4.79 Å². The van der Waals surface area contributed by atoms with Crippen LogP contribution >= 0.6 is 0 Å². The summed E-state index contributed by atoms with van der Waals surface area (Å²) in [6.45, 7) is 1.70. The molecule has 1 N–H and O–H groups in total. The Kier molecular flexibility index (Phi) is 3.26. The molecule has 1 heterocycles. The summed E-state index contributed by atoms with van der Waals surface area (Å²) in [5.41, 5.74) is 0. The Bertz CT molecular complexity index is 232. The standard InChI is InChI=1S/C11H19NO3/c1-12(9-2-4-15-5-3-9)10-6-8(7-10)11(13)14/h8-10H,2-7H2,1H3,(H,13,14). The highest BCUT2D eigenvalue weighted by molar-refractivity contribution is 5.71. The molecule has 0 aromatic carbocycles. The second kappa shape index (κ2) is 4.49. The van der Waals surface area contributed by atoms with Gasteiger partial charge < -0.3 is 14.7 Å². The summed E-state index contributed by atoms with van der Waals surface area (Å²) in [6, 6.07) is 1.08. The molecule has 0 unspecified atom stereocenters. The van der Waals surface area contributed by atoms with E-state index in [9.17, 15) is 4.79 Å². The van der Waals surface area contributed by atoms with E-state index in [1.165, 1.54) is 0 Å². The fourth-order valence-electron chi connectivity index (χ4n) is 2.51. The summed E-state index contributed by atoms with van der Waals surface area (Å²) in [7, 11) is 2.12. The number of ether oxygens (including phenoxy) is 1. The average Bonchev–Trinajstić information content (AvgIpc) is 2.16. The van der Waals surface area contributed by atoms with Crippen molar-refractivity contribution in [2.45, 2.75) is 37.8 Å². The molecule has 2 fully saturated rings. The quantitative estimate of drug-likeness (QED) is 0.758. The van der Waals surface area contributed by atoms with Gasteiger partial charge in [-0.15, -0.1) is 0 Å². The van der Waals surface area contributed by atoms with E-state index in [2.05, 4.69) is 11.9 Å². The zero-order valence-electron chi connectivity index (χ0n) is 9.19. The minimum Gasteiger partial charge on any atom is -0.481 e. The minimum atomic E-state index is -0.633. The number of carboxylic acids is 1. The van der Waals surface area contributed by atoms with Gasteiger partial charge in [0.25, 0.3) is 0 Å². The van der Waals surface area contributed by atoms with Crippen molar-refractivity contribution in [3.63, 3.8) is 0 Å². The third-order valence-corrected chi connectivity index (χ3v) is 3.81. The van der Waals surface area contributed by atoms with Crippen molar-refractivity contribution in [1.29, 1.82) is 0 Å². The lowest BCUT2D eigenvalue weighted by molar-refractivity contribution is -0.147. The number of hydrogen-bond donors (Lipinski definition) is 1. The summed E-state index contributed by atoms with van der Waals surface area (Å²) in [6.07, 6.45) is 3.82. The van der Waals surface area contributed by atoms with Gasteiger partial charge in [-0.2, -0.15) is 0 Å². The molecule has 2 aliphatic rings. The van der Waals surface area contributed by atoms with Crippen LogP contribution in [0.5, 0.6) is 0 Å². The van der Waals surface area contributed by atoms with Crippen LogP contribution in [0.15, 0.2) is 0 Å². The van der Waals surface area contributed by atoms with Crippen LogP contribution < -0.4 is 0 Å². The fourth-order valence-corrected chi connectivity index (χ4v) is 2.51. The van der Waals surface area contributed by atoms with Gasteiger partial charge in [0.15, 0.2) is 0 Å². The van der Waals surface area contributed by atoms with Gasteiger partial charge in [0, 0.05) is 25.3 Å². The molecule has 1 aliphatic carbocycles. The molecule has 0 aromatic heterocycles. The van der Waals surface area contributed by atoms with E-state index in [1.54, 1.807) is 0 Å². The molecule has 0 aromatic rings. The van der Waals surface area contributed by atoms with Gasteiger partial charge in [0.2, 0.25) is 0 Å². The highest BCUT2D eigenvalue weighted by Gasteiger charge is 2.38. The van der Waals surface area contributed by atoms with E-state index in [1.807, 2.05) is 0 Å². The predicted molar refractivity (Wildman–Crippen MR) is 55.8 cm³/mol. The summed E-state index contributed by atoms with van der Waals surface area (Å²) in [5.74, 6) is -0.732. The molecule has 15 heavy (non-hydrogen) atoms. The van der Waals surface area contributed by atoms with Gasteiger partial charge in [0.1, 0.15) is 0 Å². The lowest BCUT2D eigenvalue weighted by atomic mass is 9.78. The molecule has 1 saturated heterocycles. The van der Waals surface area contributed by atoms with Crippen molar-refractivity contribution in [2.24, 2.45) is 5.92 Å². The number of carboxylic acid groups (broad SMARTS) is 1. The van der Waals surface area contributed by atoms with Crippen LogP contribution in [0.1, 0.15) is 25.7 Å². The number of rotatable bonds is 3. The molecule has 0 bridgehead atoms. The van der Waals surface area contributed by atoms with Crippen LogP contribution in [-0.4, -0.2) is 48.3 Å². The van der Waals surface area contributed by atoms with Crippen molar-refractivity contribution in [2.75, 3.05) is 20.3 Å². The molecule has 4 heteroatoms. The Morgan fingerprint density at radius 2 is 1.87 bits per heavy atom. The molecular formula is C11H19NO3. The molecule has 2 rings (SSSR count). The molecule has 0 atom stereocenters. The number of carbonyl (C=O) groups is 1. The van der Waals surface area contributed by atoms with Gasteiger partial charge in [-0.1, -0.05) is 0 Å². The number of nitrogens with zero attached hydrogens (tertiary/aromatic N) is 1. The minimum absolute atomic E-state index is 0.0997. The lowest BCUT2D eigenvalue weighted by Crippen LogP contribution is -2.50. The Morgan fingerprint density at radius 1 is 1.27 bits per heavy atom. The van der Waals surface area contributed by atoms with Crippen LogP contribution in [0.2, 0.25) is 0 Å². The SMILES string of the molecule is CN(C1CCOCC1)C1CC(C(=O)O)C1. The first kappa shape index (κ1) is 10.9. The molecule has 0 spiro atoms. The summed E-state index contributed by atoms with van der Waals surface area (Å²) < 4.78 is 5.32. The first-order valence-corrected chi connectivity index (χ1v) is 5.71. The molecule has 4 nitrogen and oxygen atoms in total. The summed E-state index contributed by atoms with van der Waals surface area (Å²) >= 11 is 0. The van der Waals surface area contributed by atoms with E-state index in [-0.39, 0.29) is 5.92 Å². The van der Waals surface area contributed by atoms with E-state index >= 15 is 0 Å². The number of hydrogen-bond acceptors (Lipinski definition) is 3. The second-order valence-electron chi connectivity index (χ2n) is 4.67. The van der Waals surface area contributed by atoms with E-state index < -0.39 is 5.97 Å². The molecule has 1 aliphatic heterocycles. The molecular weight excluding hydrogens is 194 g/mol. The van der Waals surface area contributed by atoms with Crippen molar-refractivity contribution < 1.29 is 14.6 Å². The first-order chi connectivity index (χ1) is 7.18. The maximum Gasteiger partial charge on any atom is 0.306 e. The largest absolute Gasteiger partial charge is 0.481 e. The summed E-state index contributed by atoms with van der Waals surface area (Å²) in [4.78, 5) is 13.1. The zero-order chi connectivity index (χ0) is 10.8. The van der Waals surface area contributed by atoms with Crippen molar-refractivity contribution in [3.05, 3.63) is 0 Å². The van der Waals surface area contributed by atoms with Crippen LogP contribution in [0.4, 0.5) is 0 Å². The maximum atomic E-state index is 10.7. The Balaban J connectivity index is 1.77. The average molecular weight is 213 g/mol. The van der Waals surface area contributed by atoms with Crippen LogP contribution in [0.3, 0.4) is 0 Å². The van der Waals surface area contributed by atoms with Gasteiger partial charge in [-0.25, -0.2) is 0 Å². The van der Waals surface area contributed by atoms with Gasteiger partial charge in [0.05, 0.1) is 5.92 Å². The van der Waals surface area contributed by atoms with E-state index in [0.717, 1.165) is 38.9 Å². The summed E-state index contributed by atoms with van der Waals surface area (Å²) in [5, 5.41) is 8.80. The van der Waals surface area contributed by atoms with Gasteiger partial charge >= 0.3 is 5.97 Å².